The Morgan fingerprint density at radius 2 is 1.72 bits per heavy atom. The first-order chi connectivity index (χ1) is 16.6. The molecule has 11 atom stereocenters. The number of rotatable bonds is 6. The molecular weight excluding hydrogens is 448 g/mol. The number of carbonyl (C=O) groups is 1. The summed E-state index contributed by atoms with van der Waals surface area (Å²) in [5.41, 5.74) is -0.883. The molecule has 5 saturated carbocycles. The second kappa shape index (κ2) is 8.04. The summed E-state index contributed by atoms with van der Waals surface area (Å²) in [5, 5.41) is 21.2. The van der Waals surface area contributed by atoms with E-state index in [0.717, 1.165) is 51.4 Å². The molecule has 4 nitrogen and oxygen atoms in total. The Bertz CT molecular complexity index is 904. The topological polar surface area (TPSA) is 66.8 Å². The van der Waals surface area contributed by atoms with Gasteiger partial charge in [0.2, 0.25) is 0 Å². The molecule has 206 valence electrons. The van der Waals surface area contributed by atoms with Crippen molar-refractivity contribution < 1.29 is 19.7 Å². The molecule has 0 heterocycles. The van der Waals surface area contributed by atoms with Crippen molar-refractivity contribution in [1.29, 1.82) is 0 Å². The second-order valence-corrected chi connectivity index (χ2v) is 15.7. The minimum atomic E-state index is -0.733. The Balaban J connectivity index is 1.49. The van der Waals surface area contributed by atoms with Crippen LogP contribution in [0.3, 0.4) is 0 Å². The zero-order valence-electron chi connectivity index (χ0n) is 24.6. The van der Waals surface area contributed by atoms with Crippen molar-refractivity contribution in [2.75, 3.05) is 7.11 Å². The van der Waals surface area contributed by atoms with Crippen LogP contribution >= 0.6 is 0 Å². The largest absolute Gasteiger partial charge is 0.393 e. The van der Waals surface area contributed by atoms with E-state index in [2.05, 4.69) is 41.5 Å². The van der Waals surface area contributed by atoms with Crippen molar-refractivity contribution >= 4 is 5.78 Å². The van der Waals surface area contributed by atoms with Crippen LogP contribution in [-0.2, 0) is 9.53 Å². The summed E-state index contributed by atoms with van der Waals surface area (Å²) in [6, 6.07) is 0. The zero-order valence-corrected chi connectivity index (χ0v) is 24.6. The van der Waals surface area contributed by atoms with Crippen LogP contribution in [0, 0.1) is 57.2 Å². The first kappa shape index (κ1) is 27.1. The average Bonchev–Trinajstić information content (AvgIpc) is 3.24. The predicted octanol–water partition coefficient (Wildman–Crippen LogP) is 6.41. The van der Waals surface area contributed by atoms with Gasteiger partial charge in [-0.2, -0.15) is 0 Å². The molecular formula is C32H54O4. The number of fused-ring (bicyclic) bond motifs is 2. The molecule has 5 rings (SSSR count). The fourth-order valence-corrected chi connectivity index (χ4v) is 12.2. The van der Waals surface area contributed by atoms with E-state index in [9.17, 15) is 15.0 Å². The van der Waals surface area contributed by atoms with E-state index >= 15 is 0 Å². The molecule has 0 radical (unpaired) electrons. The maximum atomic E-state index is 14.5. The normalized spacial score (nSPS) is 52.1. The van der Waals surface area contributed by atoms with Gasteiger partial charge in [0.15, 0.2) is 5.78 Å². The highest BCUT2D eigenvalue weighted by molar-refractivity contribution is 5.93. The smallest absolute Gasteiger partial charge is 0.168 e. The molecule has 5 unspecified atom stereocenters. The summed E-state index contributed by atoms with van der Waals surface area (Å²) >= 11 is 0. The molecule has 0 aliphatic heterocycles. The van der Waals surface area contributed by atoms with Crippen molar-refractivity contribution in [1.82, 2.24) is 0 Å². The van der Waals surface area contributed by atoms with Crippen LogP contribution < -0.4 is 0 Å². The highest BCUT2D eigenvalue weighted by Gasteiger charge is 2.86. The molecule has 5 aliphatic rings. The molecule has 0 amide bonds. The quantitative estimate of drug-likeness (QED) is 0.440. The Morgan fingerprint density at radius 1 is 1.06 bits per heavy atom. The van der Waals surface area contributed by atoms with Gasteiger partial charge in [-0.1, -0.05) is 47.5 Å². The summed E-state index contributed by atoms with van der Waals surface area (Å²) in [4.78, 5) is 14.5. The number of aliphatic hydroxyl groups is 2. The summed E-state index contributed by atoms with van der Waals surface area (Å²) in [5.74, 6) is 2.68. The lowest BCUT2D eigenvalue weighted by molar-refractivity contribution is -0.149. The number of Topliss-reactive ketones (excluding diaryl/α,β-unsaturated/α-hetero) is 1. The SMILES string of the molecule is CO[C@]1(C)C(=O)C2[C@@H]3CCC4C(C)(C)[C@@H](O)CCC45[C@@H](C)[C@@]35CC[C@]2(C)C1C(C)CCCC(C)(C)O. The monoisotopic (exact) mass is 502 g/mol. The zero-order chi connectivity index (χ0) is 26.7. The summed E-state index contributed by atoms with van der Waals surface area (Å²) < 4.78 is 6.22. The standard InChI is InChI=1S/C32H54O4/c1-19(11-10-15-27(3,4)35)25-29(7)17-18-31-20(2)32(31)16-14-23(33)28(5,6)22(32)13-12-21(31)24(29)26(34)30(25,8)36-9/h19-25,33,35H,10-18H2,1-9H3/t19?,20-,21-,22?,23-,24?,25?,29-,30-,31-,32?/m0/s1. The van der Waals surface area contributed by atoms with Crippen molar-refractivity contribution in [2.45, 2.75) is 130 Å². The van der Waals surface area contributed by atoms with Crippen LogP contribution in [0.5, 0.6) is 0 Å². The van der Waals surface area contributed by atoms with Crippen molar-refractivity contribution in [2.24, 2.45) is 57.2 Å². The maximum absolute atomic E-state index is 14.5. The van der Waals surface area contributed by atoms with Gasteiger partial charge in [0.05, 0.1) is 11.7 Å². The van der Waals surface area contributed by atoms with Gasteiger partial charge in [-0.05, 0) is 111 Å². The fourth-order valence-electron chi connectivity index (χ4n) is 12.2. The van der Waals surface area contributed by atoms with Crippen LogP contribution in [0.4, 0.5) is 0 Å². The Kier molecular flexibility index (Phi) is 6.06. The number of methoxy groups -OCH3 is 1. The van der Waals surface area contributed by atoms with Gasteiger partial charge in [-0.3, -0.25) is 4.79 Å². The average molecular weight is 503 g/mol. The lowest BCUT2D eigenvalue weighted by Crippen LogP contribution is -2.55. The van der Waals surface area contributed by atoms with Gasteiger partial charge < -0.3 is 14.9 Å². The van der Waals surface area contributed by atoms with Gasteiger partial charge in [0, 0.05) is 18.9 Å². The molecule has 4 heteroatoms. The number of aliphatic hydroxyl groups excluding tert-OH is 1. The molecule has 5 fully saturated rings. The molecule has 2 spiro atoms. The molecule has 0 bridgehead atoms. The first-order valence-corrected chi connectivity index (χ1v) is 15.1. The van der Waals surface area contributed by atoms with Gasteiger partial charge in [0.25, 0.3) is 0 Å². The van der Waals surface area contributed by atoms with Crippen molar-refractivity contribution in [3.8, 4) is 0 Å². The lowest BCUT2D eigenvalue weighted by Gasteiger charge is -2.58. The van der Waals surface area contributed by atoms with Crippen molar-refractivity contribution in [3.63, 3.8) is 0 Å². The van der Waals surface area contributed by atoms with Crippen LogP contribution in [0.2, 0.25) is 0 Å². The summed E-state index contributed by atoms with van der Waals surface area (Å²) in [6.07, 6.45) is 9.24. The Labute approximate surface area is 220 Å². The number of carbonyl (C=O) groups excluding carboxylic acids is 1. The highest BCUT2D eigenvalue weighted by Crippen LogP contribution is 2.89. The van der Waals surface area contributed by atoms with Gasteiger partial charge in [-0.15, -0.1) is 0 Å². The van der Waals surface area contributed by atoms with Crippen molar-refractivity contribution in [3.05, 3.63) is 0 Å². The van der Waals surface area contributed by atoms with E-state index in [0.29, 0.717) is 34.9 Å². The van der Waals surface area contributed by atoms with Crippen LogP contribution in [0.25, 0.3) is 0 Å². The van der Waals surface area contributed by atoms with Crippen LogP contribution in [0.15, 0.2) is 0 Å². The summed E-state index contributed by atoms with van der Waals surface area (Å²) in [7, 11) is 1.76. The Morgan fingerprint density at radius 3 is 2.33 bits per heavy atom. The lowest BCUT2D eigenvalue weighted by atomic mass is 9.46. The van der Waals surface area contributed by atoms with Crippen LogP contribution in [0.1, 0.15) is 113 Å². The van der Waals surface area contributed by atoms with E-state index in [1.807, 2.05) is 13.8 Å². The first-order valence-electron chi connectivity index (χ1n) is 15.1. The van der Waals surface area contributed by atoms with Crippen LogP contribution in [-0.4, -0.2) is 40.4 Å². The van der Waals surface area contributed by atoms with E-state index in [4.69, 9.17) is 4.74 Å². The van der Waals surface area contributed by atoms with Gasteiger partial charge in [-0.25, -0.2) is 0 Å². The summed E-state index contributed by atoms with van der Waals surface area (Å²) in [6.45, 7) is 17.8. The molecule has 0 aromatic heterocycles. The van der Waals surface area contributed by atoms with Gasteiger partial charge in [0.1, 0.15) is 5.60 Å². The van der Waals surface area contributed by atoms with E-state index in [-0.39, 0.29) is 34.2 Å². The Hall–Kier alpha value is -0.450. The molecule has 0 aromatic carbocycles. The number of hydrogen-bond acceptors (Lipinski definition) is 4. The number of hydrogen-bond donors (Lipinski definition) is 2. The third-order valence-corrected chi connectivity index (χ3v) is 13.7. The highest BCUT2D eigenvalue weighted by atomic mass is 16.5. The minimum absolute atomic E-state index is 0.0358. The fraction of sp³-hybridized carbons (Fsp3) is 0.969. The molecule has 0 aromatic rings. The third kappa shape index (κ3) is 3.13. The molecule has 36 heavy (non-hydrogen) atoms. The predicted molar refractivity (Wildman–Crippen MR) is 143 cm³/mol. The molecule has 5 aliphatic carbocycles. The van der Waals surface area contributed by atoms with E-state index < -0.39 is 11.2 Å². The molecule has 0 saturated heterocycles. The maximum Gasteiger partial charge on any atom is 0.168 e. The minimum Gasteiger partial charge on any atom is -0.393 e. The van der Waals surface area contributed by atoms with E-state index in [1.165, 1.54) is 6.42 Å². The van der Waals surface area contributed by atoms with Gasteiger partial charge >= 0.3 is 0 Å². The number of ether oxygens (including phenoxy) is 1. The molecule has 2 N–H and O–H groups in total. The van der Waals surface area contributed by atoms with E-state index in [1.54, 1.807) is 7.11 Å². The second-order valence-electron chi connectivity index (χ2n) is 15.7. The third-order valence-electron chi connectivity index (χ3n) is 13.7. The number of ketones is 1.